The zero-order chi connectivity index (χ0) is 11.8. The smallest absolute Gasteiger partial charge is 0.296 e. The molecule has 8 heteroatoms. The Morgan fingerprint density at radius 2 is 2.31 bits per heavy atom. The highest BCUT2D eigenvalue weighted by Crippen LogP contribution is 2.18. The molecule has 1 aromatic rings. The topological polar surface area (TPSA) is 74.1 Å². The molecular formula is C8H12ClN3O3S. The van der Waals surface area contributed by atoms with E-state index in [1.54, 1.807) is 7.05 Å². The molecular weight excluding hydrogens is 254 g/mol. The second kappa shape index (κ2) is 4.31. The minimum absolute atomic E-state index is 0.105. The lowest BCUT2D eigenvalue weighted by Gasteiger charge is -2.08. The maximum atomic E-state index is 11.1. The monoisotopic (exact) mass is 265 g/mol. The van der Waals surface area contributed by atoms with Crippen molar-refractivity contribution in [2.24, 2.45) is 7.05 Å². The summed E-state index contributed by atoms with van der Waals surface area (Å²) in [5.74, 6) is 0.575. The predicted molar refractivity (Wildman–Crippen MR) is 56.7 cm³/mol. The molecule has 16 heavy (non-hydrogen) atoms. The van der Waals surface area contributed by atoms with E-state index in [0.29, 0.717) is 12.2 Å². The Kier molecular flexibility index (Phi) is 3.18. The van der Waals surface area contributed by atoms with E-state index in [-0.39, 0.29) is 11.3 Å². The fourth-order valence-corrected chi connectivity index (χ4v) is 2.72. The number of hydrogen-bond acceptors (Lipinski definition) is 5. The van der Waals surface area contributed by atoms with Crippen molar-refractivity contribution in [2.45, 2.75) is 30.5 Å². The first kappa shape index (κ1) is 11.8. The van der Waals surface area contributed by atoms with Crippen molar-refractivity contribution in [2.75, 3.05) is 6.61 Å². The molecule has 1 saturated heterocycles. The molecule has 2 rings (SSSR count). The van der Waals surface area contributed by atoms with E-state index < -0.39 is 9.05 Å². The summed E-state index contributed by atoms with van der Waals surface area (Å²) in [5.41, 5.74) is 0. The number of hydrogen-bond donors (Lipinski definition) is 0. The summed E-state index contributed by atoms with van der Waals surface area (Å²) in [6.45, 7) is 0.753. The summed E-state index contributed by atoms with van der Waals surface area (Å²) in [5, 5.41) is 7.16. The molecule has 1 unspecified atom stereocenters. The van der Waals surface area contributed by atoms with Crippen LogP contribution in [0.4, 0.5) is 0 Å². The molecule has 0 aromatic carbocycles. The van der Waals surface area contributed by atoms with Crippen molar-refractivity contribution in [1.82, 2.24) is 14.8 Å². The molecule has 0 bridgehead atoms. The normalized spacial score (nSPS) is 21.5. The number of rotatable bonds is 3. The average Bonchev–Trinajstić information content (AvgIpc) is 2.76. The third-order valence-corrected chi connectivity index (χ3v) is 3.78. The van der Waals surface area contributed by atoms with Crippen LogP contribution in [0.5, 0.6) is 0 Å². The van der Waals surface area contributed by atoms with E-state index in [0.717, 1.165) is 19.4 Å². The van der Waals surface area contributed by atoms with Crippen LogP contribution in [-0.4, -0.2) is 35.9 Å². The van der Waals surface area contributed by atoms with Crippen LogP contribution in [0.2, 0.25) is 0 Å². The van der Waals surface area contributed by atoms with Gasteiger partial charge in [0.05, 0.1) is 6.10 Å². The third-order valence-electron chi connectivity index (χ3n) is 2.58. The van der Waals surface area contributed by atoms with E-state index >= 15 is 0 Å². The molecule has 0 spiro atoms. The molecule has 0 N–H and O–H groups in total. The van der Waals surface area contributed by atoms with Gasteiger partial charge in [-0.15, -0.1) is 10.2 Å². The number of nitrogens with zero attached hydrogens (tertiary/aromatic N) is 3. The van der Waals surface area contributed by atoms with Crippen molar-refractivity contribution in [3.05, 3.63) is 5.82 Å². The van der Waals surface area contributed by atoms with Crippen molar-refractivity contribution < 1.29 is 13.2 Å². The van der Waals surface area contributed by atoms with Gasteiger partial charge >= 0.3 is 0 Å². The van der Waals surface area contributed by atoms with Crippen molar-refractivity contribution in [3.63, 3.8) is 0 Å². The summed E-state index contributed by atoms with van der Waals surface area (Å²) in [4.78, 5) is 0. The van der Waals surface area contributed by atoms with Crippen LogP contribution < -0.4 is 0 Å². The van der Waals surface area contributed by atoms with Crippen LogP contribution in [0.15, 0.2) is 5.16 Å². The number of aromatic nitrogens is 3. The van der Waals surface area contributed by atoms with E-state index in [9.17, 15) is 8.42 Å². The minimum atomic E-state index is -3.83. The van der Waals surface area contributed by atoms with E-state index in [1.807, 2.05) is 0 Å². The maximum absolute atomic E-state index is 11.1. The zero-order valence-corrected chi connectivity index (χ0v) is 10.3. The van der Waals surface area contributed by atoms with E-state index in [4.69, 9.17) is 15.4 Å². The molecule has 1 aliphatic heterocycles. The van der Waals surface area contributed by atoms with Gasteiger partial charge in [-0.2, -0.15) is 0 Å². The lowest BCUT2D eigenvalue weighted by atomic mass is 10.2. The van der Waals surface area contributed by atoms with Gasteiger partial charge in [-0.25, -0.2) is 8.42 Å². The Bertz CT molecular complexity index is 479. The van der Waals surface area contributed by atoms with Gasteiger partial charge in [0.2, 0.25) is 0 Å². The van der Waals surface area contributed by atoms with Crippen molar-refractivity contribution >= 4 is 19.7 Å². The molecule has 90 valence electrons. The summed E-state index contributed by atoms with van der Waals surface area (Å²) in [6, 6.07) is 0. The lowest BCUT2D eigenvalue weighted by Crippen LogP contribution is -2.13. The second-order valence-corrected chi connectivity index (χ2v) is 6.19. The Morgan fingerprint density at radius 1 is 1.56 bits per heavy atom. The Labute approximate surface area is 98.0 Å². The van der Waals surface area contributed by atoms with Crippen molar-refractivity contribution in [1.29, 1.82) is 0 Å². The van der Waals surface area contributed by atoms with Gasteiger partial charge in [0.1, 0.15) is 5.82 Å². The van der Waals surface area contributed by atoms with Gasteiger partial charge < -0.3 is 9.30 Å². The molecule has 1 aromatic heterocycles. The molecule has 1 aliphatic rings. The quantitative estimate of drug-likeness (QED) is 0.743. The first-order valence-electron chi connectivity index (χ1n) is 4.93. The van der Waals surface area contributed by atoms with Gasteiger partial charge in [0, 0.05) is 30.8 Å². The van der Waals surface area contributed by atoms with Gasteiger partial charge in [-0.3, -0.25) is 0 Å². The van der Waals surface area contributed by atoms with E-state index in [2.05, 4.69) is 10.2 Å². The van der Waals surface area contributed by atoms with Gasteiger partial charge in [-0.1, -0.05) is 0 Å². The van der Waals surface area contributed by atoms with E-state index in [1.165, 1.54) is 4.57 Å². The molecule has 1 fully saturated rings. The van der Waals surface area contributed by atoms with Gasteiger partial charge in [0.15, 0.2) is 0 Å². The highest BCUT2D eigenvalue weighted by atomic mass is 35.7. The third kappa shape index (κ3) is 2.36. The molecule has 0 saturated carbocycles. The van der Waals surface area contributed by atoms with Gasteiger partial charge in [0.25, 0.3) is 14.2 Å². The zero-order valence-electron chi connectivity index (χ0n) is 8.76. The predicted octanol–water partition coefficient (Wildman–Crippen LogP) is 0.464. The van der Waals surface area contributed by atoms with Crippen molar-refractivity contribution in [3.8, 4) is 0 Å². The molecule has 1 atom stereocenters. The first-order valence-corrected chi connectivity index (χ1v) is 7.24. The average molecular weight is 266 g/mol. The van der Waals surface area contributed by atoms with Crippen LogP contribution in [0, 0.1) is 0 Å². The molecule has 0 aliphatic carbocycles. The number of halogens is 1. The second-order valence-electron chi connectivity index (χ2n) is 3.73. The minimum Gasteiger partial charge on any atom is -0.378 e. The van der Waals surface area contributed by atoms with Gasteiger partial charge in [-0.05, 0) is 12.8 Å². The first-order chi connectivity index (χ1) is 7.48. The Balaban J connectivity index is 2.20. The molecule has 2 heterocycles. The molecule has 6 nitrogen and oxygen atoms in total. The standard InChI is InChI=1S/C8H12ClN3O3S/c1-12-7(5-6-3-2-4-15-6)10-11-8(12)16(9,13)14/h6H,2-5H2,1H3. The fraction of sp³-hybridized carbons (Fsp3) is 0.750. The highest BCUT2D eigenvalue weighted by molar-refractivity contribution is 8.13. The van der Waals surface area contributed by atoms with Crippen LogP contribution in [-0.2, 0) is 27.3 Å². The van der Waals surface area contributed by atoms with Crippen LogP contribution in [0.3, 0.4) is 0 Å². The largest absolute Gasteiger partial charge is 0.378 e. The van der Waals surface area contributed by atoms with Crippen LogP contribution >= 0.6 is 10.7 Å². The summed E-state index contributed by atoms with van der Waals surface area (Å²) < 4.78 is 29.1. The SMILES string of the molecule is Cn1c(CC2CCCO2)nnc1S(=O)(=O)Cl. The summed E-state index contributed by atoms with van der Waals surface area (Å²) in [7, 11) is 2.97. The van der Waals surface area contributed by atoms with Crippen LogP contribution in [0.1, 0.15) is 18.7 Å². The van der Waals surface area contributed by atoms with Crippen LogP contribution in [0.25, 0.3) is 0 Å². The fourth-order valence-electron chi connectivity index (χ4n) is 1.74. The summed E-state index contributed by atoms with van der Waals surface area (Å²) >= 11 is 0. The number of ether oxygens (including phenoxy) is 1. The highest BCUT2D eigenvalue weighted by Gasteiger charge is 2.23. The summed E-state index contributed by atoms with van der Waals surface area (Å²) in [6.07, 6.45) is 2.67. The molecule has 0 amide bonds. The Hall–Kier alpha value is -0.660. The molecule has 0 radical (unpaired) electrons. The lowest BCUT2D eigenvalue weighted by molar-refractivity contribution is 0.109. The Morgan fingerprint density at radius 3 is 2.81 bits per heavy atom. The maximum Gasteiger partial charge on any atom is 0.296 e.